The third-order valence-corrected chi connectivity index (χ3v) is 3.53. The van der Waals surface area contributed by atoms with E-state index >= 15 is 0 Å². The highest BCUT2D eigenvalue weighted by atomic mass is 19.4. The van der Waals surface area contributed by atoms with Crippen LogP contribution in [0.3, 0.4) is 0 Å². The Balaban J connectivity index is 2.05. The van der Waals surface area contributed by atoms with Gasteiger partial charge in [-0.1, -0.05) is 13.3 Å². The van der Waals surface area contributed by atoms with Gasteiger partial charge in [-0.15, -0.1) is 13.2 Å². The minimum atomic E-state index is -4.72. The van der Waals surface area contributed by atoms with Gasteiger partial charge in [0.05, 0.1) is 0 Å². The number of carbonyl (C=O) groups is 1. The molecule has 1 aromatic rings. The lowest BCUT2D eigenvalue weighted by Crippen LogP contribution is -2.34. The van der Waals surface area contributed by atoms with Crippen molar-refractivity contribution in [1.82, 2.24) is 4.90 Å². The number of ether oxygens (including phenoxy) is 1. The molecule has 0 bridgehead atoms. The molecule has 1 aromatic carbocycles. The van der Waals surface area contributed by atoms with Crippen LogP contribution in [0, 0.1) is 5.92 Å². The molecule has 0 saturated carbocycles. The number of nitrogens with zero attached hydrogens (tertiary/aromatic N) is 1. The maximum atomic E-state index is 12.4. The first-order chi connectivity index (χ1) is 9.85. The van der Waals surface area contributed by atoms with Crippen LogP contribution in [0.25, 0.3) is 0 Å². The Morgan fingerprint density at radius 3 is 2.52 bits per heavy atom. The average Bonchev–Trinajstić information content (AvgIpc) is 2.62. The highest BCUT2D eigenvalue weighted by Crippen LogP contribution is 2.24. The van der Waals surface area contributed by atoms with Crippen LogP contribution in [0.15, 0.2) is 24.3 Å². The van der Waals surface area contributed by atoms with E-state index in [1.165, 1.54) is 24.3 Å². The number of hydrogen-bond donors (Lipinski definition) is 0. The number of amides is 1. The standard InChI is InChI=1S/C15H18F3NO2/c1-11-4-2-3-9-19(10-11)14(20)12-5-7-13(8-6-12)21-15(16,17)18/h5-8,11H,2-4,9-10H2,1H3/t11-/m1/s1. The van der Waals surface area contributed by atoms with Crippen LogP contribution >= 0.6 is 0 Å². The molecule has 0 spiro atoms. The van der Waals surface area contributed by atoms with Crippen molar-refractivity contribution in [1.29, 1.82) is 0 Å². The van der Waals surface area contributed by atoms with Crippen LogP contribution < -0.4 is 4.74 Å². The second-order valence-corrected chi connectivity index (χ2v) is 5.42. The van der Waals surface area contributed by atoms with E-state index in [9.17, 15) is 18.0 Å². The van der Waals surface area contributed by atoms with Gasteiger partial charge in [0.25, 0.3) is 5.91 Å². The van der Waals surface area contributed by atoms with Gasteiger partial charge in [0.2, 0.25) is 0 Å². The number of benzene rings is 1. The van der Waals surface area contributed by atoms with Gasteiger partial charge in [-0.3, -0.25) is 4.79 Å². The SMILES string of the molecule is C[C@@H]1CCCCN(C(=O)c2ccc(OC(F)(F)F)cc2)C1. The lowest BCUT2D eigenvalue weighted by Gasteiger charge is -2.23. The Labute approximate surface area is 121 Å². The summed E-state index contributed by atoms with van der Waals surface area (Å²) in [6.45, 7) is 3.50. The van der Waals surface area contributed by atoms with E-state index in [-0.39, 0.29) is 11.7 Å². The normalized spacial score (nSPS) is 20.0. The van der Waals surface area contributed by atoms with E-state index in [2.05, 4.69) is 11.7 Å². The largest absolute Gasteiger partial charge is 0.573 e. The first-order valence-corrected chi connectivity index (χ1v) is 7.00. The molecule has 0 unspecified atom stereocenters. The molecule has 2 rings (SSSR count). The fourth-order valence-electron chi connectivity index (χ4n) is 2.52. The highest BCUT2D eigenvalue weighted by Gasteiger charge is 2.31. The van der Waals surface area contributed by atoms with Crippen LogP contribution in [-0.2, 0) is 0 Å². The van der Waals surface area contributed by atoms with E-state index in [4.69, 9.17) is 0 Å². The lowest BCUT2D eigenvalue weighted by atomic mass is 10.1. The zero-order valence-electron chi connectivity index (χ0n) is 11.8. The van der Waals surface area contributed by atoms with Gasteiger partial charge >= 0.3 is 6.36 Å². The van der Waals surface area contributed by atoms with Gasteiger partial charge < -0.3 is 9.64 Å². The molecule has 21 heavy (non-hydrogen) atoms. The van der Waals surface area contributed by atoms with Crippen molar-refractivity contribution in [3.05, 3.63) is 29.8 Å². The minimum absolute atomic E-state index is 0.137. The predicted molar refractivity (Wildman–Crippen MR) is 72.0 cm³/mol. The average molecular weight is 301 g/mol. The molecule has 1 amide bonds. The molecule has 1 aliphatic rings. The van der Waals surface area contributed by atoms with Crippen LogP contribution in [0.1, 0.15) is 36.5 Å². The fourth-order valence-corrected chi connectivity index (χ4v) is 2.52. The van der Waals surface area contributed by atoms with E-state index in [0.717, 1.165) is 19.3 Å². The lowest BCUT2D eigenvalue weighted by molar-refractivity contribution is -0.274. The topological polar surface area (TPSA) is 29.5 Å². The van der Waals surface area contributed by atoms with Gasteiger partial charge in [0, 0.05) is 18.7 Å². The molecule has 0 aromatic heterocycles. The predicted octanol–water partition coefficient (Wildman–Crippen LogP) is 3.85. The molecule has 116 valence electrons. The first-order valence-electron chi connectivity index (χ1n) is 7.00. The first kappa shape index (κ1) is 15.7. The zero-order valence-corrected chi connectivity index (χ0v) is 11.8. The summed E-state index contributed by atoms with van der Waals surface area (Å²) in [4.78, 5) is 14.1. The Bertz CT molecular complexity index is 485. The summed E-state index contributed by atoms with van der Waals surface area (Å²) in [7, 11) is 0. The Kier molecular flexibility index (Phi) is 4.75. The smallest absolute Gasteiger partial charge is 0.406 e. The summed E-state index contributed by atoms with van der Waals surface area (Å²) >= 11 is 0. The highest BCUT2D eigenvalue weighted by molar-refractivity contribution is 5.94. The van der Waals surface area contributed by atoms with Crippen LogP contribution in [0.4, 0.5) is 13.2 Å². The third-order valence-electron chi connectivity index (χ3n) is 3.53. The van der Waals surface area contributed by atoms with Crippen molar-refractivity contribution in [2.45, 2.75) is 32.5 Å². The Morgan fingerprint density at radius 2 is 1.90 bits per heavy atom. The summed E-state index contributed by atoms with van der Waals surface area (Å²) < 4.78 is 40.0. The van der Waals surface area contributed by atoms with Gasteiger partial charge in [0.15, 0.2) is 0 Å². The maximum Gasteiger partial charge on any atom is 0.573 e. The minimum Gasteiger partial charge on any atom is -0.406 e. The van der Waals surface area contributed by atoms with Crippen LogP contribution in [0.5, 0.6) is 5.75 Å². The molecule has 1 atom stereocenters. The molecule has 3 nitrogen and oxygen atoms in total. The van der Waals surface area contributed by atoms with Crippen molar-refractivity contribution in [2.24, 2.45) is 5.92 Å². The van der Waals surface area contributed by atoms with Gasteiger partial charge in [-0.25, -0.2) is 0 Å². The number of halogens is 3. The molecule has 0 radical (unpaired) electrons. The van der Waals surface area contributed by atoms with Crippen molar-refractivity contribution < 1.29 is 22.7 Å². The Hall–Kier alpha value is -1.72. The summed E-state index contributed by atoms with van der Waals surface area (Å²) in [6.07, 6.45) is -1.55. The molecule has 0 aliphatic carbocycles. The second-order valence-electron chi connectivity index (χ2n) is 5.42. The molecular formula is C15H18F3NO2. The molecule has 6 heteroatoms. The van der Waals surface area contributed by atoms with Crippen molar-refractivity contribution in [2.75, 3.05) is 13.1 Å². The second kappa shape index (κ2) is 6.37. The molecule has 1 saturated heterocycles. The number of hydrogen-bond acceptors (Lipinski definition) is 2. The Morgan fingerprint density at radius 1 is 1.24 bits per heavy atom. The number of rotatable bonds is 2. The third kappa shape index (κ3) is 4.65. The summed E-state index contributed by atoms with van der Waals surface area (Å²) in [5.41, 5.74) is 0.388. The van der Waals surface area contributed by atoms with E-state index < -0.39 is 6.36 Å². The monoisotopic (exact) mass is 301 g/mol. The van der Waals surface area contributed by atoms with Crippen LogP contribution in [-0.4, -0.2) is 30.3 Å². The summed E-state index contributed by atoms with van der Waals surface area (Å²) in [6, 6.07) is 5.09. The van der Waals surface area contributed by atoms with E-state index in [1.54, 1.807) is 4.90 Å². The molecular weight excluding hydrogens is 283 g/mol. The number of likely N-dealkylation sites (tertiary alicyclic amines) is 1. The quantitative estimate of drug-likeness (QED) is 0.830. The summed E-state index contributed by atoms with van der Waals surface area (Å²) in [5, 5.41) is 0. The molecule has 1 fully saturated rings. The fraction of sp³-hybridized carbons (Fsp3) is 0.533. The molecule has 1 heterocycles. The van der Waals surface area contributed by atoms with Gasteiger partial charge in [0.1, 0.15) is 5.75 Å². The van der Waals surface area contributed by atoms with Crippen molar-refractivity contribution in [3.8, 4) is 5.75 Å². The van der Waals surface area contributed by atoms with E-state index in [0.29, 0.717) is 24.6 Å². The van der Waals surface area contributed by atoms with Crippen molar-refractivity contribution in [3.63, 3.8) is 0 Å². The van der Waals surface area contributed by atoms with Gasteiger partial charge in [-0.05, 0) is 43.0 Å². The zero-order chi connectivity index (χ0) is 15.5. The molecule has 1 aliphatic heterocycles. The maximum absolute atomic E-state index is 12.4. The molecule has 0 N–H and O–H groups in total. The van der Waals surface area contributed by atoms with Gasteiger partial charge in [-0.2, -0.15) is 0 Å². The van der Waals surface area contributed by atoms with E-state index in [1.807, 2.05) is 0 Å². The number of carbonyl (C=O) groups excluding carboxylic acids is 1. The number of alkyl halides is 3. The van der Waals surface area contributed by atoms with Crippen LogP contribution in [0.2, 0.25) is 0 Å². The summed E-state index contributed by atoms with van der Waals surface area (Å²) in [5.74, 6) is -0.00474. The van der Waals surface area contributed by atoms with Crippen molar-refractivity contribution >= 4 is 5.91 Å².